The molecule has 0 aliphatic rings. The van der Waals surface area contributed by atoms with Crippen LogP contribution < -0.4 is 5.32 Å². The molecule has 22 heavy (non-hydrogen) atoms. The fraction of sp³-hybridized carbons (Fsp3) is 0.667. The van der Waals surface area contributed by atoms with Crippen LogP contribution in [0, 0.1) is 6.92 Å². The molecule has 1 aromatic rings. The highest BCUT2D eigenvalue weighted by atomic mass is 32.1. The van der Waals surface area contributed by atoms with Crippen LogP contribution in [-0.4, -0.2) is 40.1 Å². The second-order valence-electron chi connectivity index (χ2n) is 6.25. The van der Waals surface area contributed by atoms with E-state index in [-0.39, 0.29) is 11.9 Å². The topological polar surface area (TPSA) is 71.5 Å². The Morgan fingerprint density at radius 1 is 1.36 bits per heavy atom. The SMILES string of the molecule is CCN(C(=O)c1sc(NC(=O)OC(C)(C)C)nc1C)C(C)C. The van der Waals surface area contributed by atoms with Crippen molar-refractivity contribution in [2.75, 3.05) is 11.9 Å². The number of hydrogen-bond donors (Lipinski definition) is 1. The summed E-state index contributed by atoms with van der Waals surface area (Å²) in [6.07, 6.45) is -0.573. The average molecular weight is 327 g/mol. The molecule has 0 aromatic carbocycles. The fourth-order valence-corrected chi connectivity index (χ4v) is 2.82. The van der Waals surface area contributed by atoms with Gasteiger partial charge >= 0.3 is 6.09 Å². The Balaban J connectivity index is 2.88. The van der Waals surface area contributed by atoms with Crippen LogP contribution in [0.4, 0.5) is 9.93 Å². The molecule has 1 N–H and O–H groups in total. The Bertz CT molecular complexity index is 547. The molecule has 0 radical (unpaired) electrons. The third kappa shape index (κ3) is 4.98. The summed E-state index contributed by atoms with van der Waals surface area (Å²) >= 11 is 1.17. The van der Waals surface area contributed by atoms with Crippen LogP contribution in [0.5, 0.6) is 0 Å². The summed E-state index contributed by atoms with van der Waals surface area (Å²) in [6, 6.07) is 0.112. The molecule has 0 aliphatic carbocycles. The molecule has 7 heteroatoms. The van der Waals surface area contributed by atoms with Crippen molar-refractivity contribution in [1.82, 2.24) is 9.88 Å². The van der Waals surface area contributed by atoms with E-state index in [1.807, 2.05) is 20.8 Å². The molecular weight excluding hydrogens is 302 g/mol. The highest BCUT2D eigenvalue weighted by Crippen LogP contribution is 2.25. The van der Waals surface area contributed by atoms with E-state index in [1.165, 1.54) is 11.3 Å². The first-order chi connectivity index (χ1) is 10.0. The van der Waals surface area contributed by atoms with Crippen molar-refractivity contribution in [3.05, 3.63) is 10.6 Å². The summed E-state index contributed by atoms with van der Waals surface area (Å²) in [6.45, 7) is 13.6. The van der Waals surface area contributed by atoms with Crippen molar-refractivity contribution in [2.45, 2.75) is 60.1 Å². The second-order valence-corrected chi connectivity index (χ2v) is 7.24. The number of amides is 2. The smallest absolute Gasteiger partial charge is 0.413 e. The van der Waals surface area contributed by atoms with Crippen LogP contribution >= 0.6 is 11.3 Å². The molecule has 0 atom stereocenters. The number of carbonyl (C=O) groups is 2. The Hall–Kier alpha value is -1.63. The Morgan fingerprint density at radius 3 is 2.41 bits per heavy atom. The predicted octanol–water partition coefficient (Wildman–Crippen LogP) is 3.67. The van der Waals surface area contributed by atoms with E-state index in [1.54, 1.807) is 32.6 Å². The molecule has 0 saturated heterocycles. The van der Waals surface area contributed by atoms with Gasteiger partial charge in [0.1, 0.15) is 10.5 Å². The van der Waals surface area contributed by atoms with Crippen molar-refractivity contribution < 1.29 is 14.3 Å². The molecule has 0 bridgehead atoms. The van der Waals surface area contributed by atoms with Crippen LogP contribution in [0.1, 0.15) is 56.9 Å². The zero-order valence-electron chi connectivity index (χ0n) is 14.3. The van der Waals surface area contributed by atoms with Gasteiger partial charge in [-0.05, 0) is 48.5 Å². The van der Waals surface area contributed by atoms with Crippen LogP contribution in [0.15, 0.2) is 0 Å². The number of nitrogens with zero attached hydrogens (tertiary/aromatic N) is 2. The van der Waals surface area contributed by atoms with Crippen molar-refractivity contribution in [1.29, 1.82) is 0 Å². The lowest BCUT2D eigenvalue weighted by atomic mass is 10.2. The van der Waals surface area contributed by atoms with E-state index in [9.17, 15) is 9.59 Å². The third-order valence-corrected chi connectivity index (χ3v) is 3.88. The molecule has 124 valence electrons. The molecule has 1 heterocycles. The predicted molar refractivity (Wildman–Crippen MR) is 88.6 cm³/mol. The highest BCUT2D eigenvalue weighted by Gasteiger charge is 2.24. The second kappa shape index (κ2) is 7.09. The Morgan fingerprint density at radius 2 is 1.95 bits per heavy atom. The number of aryl methyl sites for hydroxylation is 1. The molecule has 0 aliphatic heterocycles. The minimum absolute atomic E-state index is 0.0651. The molecule has 6 nitrogen and oxygen atoms in total. The normalized spacial score (nSPS) is 11.5. The maximum atomic E-state index is 12.5. The number of rotatable bonds is 4. The number of thiazole rings is 1. The summed E-state index contributed by atoms with van der Waals surface area (Å²) in [5, 5.41) is 2.95. The molecule has 1 rings (SSSR count). The van der Waals surface area contributed by atoms with Gasteiger partial charge < -0.3 is 9.64 Å². The molecule has 0 saturated carbocycles. The fourth-order valence-electron chi connectivity index (χ4n) is 1.91. The van der Waals surface area contributed by atoms with Gasteiger partial charge in [-0.3, -0.25) is 10.1 Å². The standard InChI is InChI=1S/C15H25N3O3S/c1-8-18(9(2)3)12(19)11-10(4)16-13(22-11)17-14(20)21-15(5,6)7/h9H,8H2,1-7H3,(H,16,17,20). The van der Waals surface area contributed by atoms with Crippen LogP contribution in [-0.2, 0) is 4.74 Å². The maximum Gasteiger partial charge on any atom is 0.413 e. The van der Waals surface area contributed by atoms with Crippen molar-refractivity contribution >= 4 is 28.5 Å². The van der Waals surface area contributed by atoms with Crippen molar-refractivity contribution in [2.24, 2.45) is 0 Å². The monoisotopic (exact) mass is 327 g/mol. The summed E-state index contributed by atoms with van der Waals surface area (Å²) in [5.41, 5.74) is 0.0336. The molecule has 0 spiro atoms. The minimum atomic E-state index is -0.578. The first kappa shape index (κ1) is 18.4. The van der Waals surface area contributed by atoms with Gasteiger partial charge in [0.2, 0.25) is 0 Å². The van der Waals surface area contributed by atoms with E-state index in [2.05, 4.69) is 10.3 Å². The summed E-state index contributed by atoms with van der Waals surface area (Å²) in [7, 11) is 0. The first-order valence-corrected chi connectivity index (χ1v) is 8.15. The van der Waals surface area contributed by atoms with E-state index in [0.29, 0.717) is 22.2 Å². The lowest BCUT2D eigenvalue weighted by Gasteiger charge is -2.24. The largest absolute Gasteiger partial charge is 0.444 e. The number of hydrogen-bond acceptors (Lipinski definition) is 5. The first-order valence-electron chi connectivity index (χ1n) is 7.33. The minimum Gasteiger partial charge on any atom is -0.444 e. The number of ether oxygens (including phenoxy) is 1. The van der Waals surface area contributed by atoms with E-state index >= 15 is 0 Å². The molecule has 1 aromatic heterocycles. The summed E-state index contributed by atoms with van der Waals surface area (Å²) in [4.78, 5) is 30.8. The lowest BCUT2D eigenvalue weighted by molar-refractivity contribution is 0.0634. The van der Waals surface area contributed by atoms with Gasteiger partial charge in [-0.2, -0.15) is 0 Å². The van der Waals surface area contributed by atoms with Crippen LogP contribution in [0.3, 0.4) is 0 Å². The summed E-state index contributed by atoms with van der Waals surface area (Å²) in [5.74, 6) is -0.0651. The summed E-state index contributed by atoms with van der Waals surface area (Å²) < 4.78 is 5.18. The number of nitrogens with one attached hydrogen (secondary N) is 1. The highest BCUT2D eigenvalue weighted by molar-refractivity contribution is 7.17. The van der Waals surface area contributed by atoms with Crippen molar-refractivity contribution in [3.8, 4) is 0 Å². The van der Waals surface area contributed by atoms with Crippen molar-refractivity contribution in [3.63, 3.8) is 0 Å². The van der Waals surface area contributed by atoms with Gasteiger partial charge in [0, 0.05) is 12.6 Å². The van der Waals surface area contributed by atoms with Gasteiger partial charge in [-0.1, -0.05) is 11.3 Å². The zero-order valence-corrected chi connectivity index (χ0v) is 15.1. The van der Waals surface area contributed by atoms with Gasteiger partial charge in [0.05, 0.1) is 5.69 Å². The maximum absolute atomic E-state index is 12.5. The molecular formula is C15H25N3O3S. The van der Waals surface area contributed by atoms with Gasteiger partial charge in [-0.25, -0.2) is 9.78 Å². The Labute approximate surface area is 135 Å². The molecule has 0 unspecified atom stereocenters. The third-order valence-electron chi connectivity index (χ3n) is 2.82. The van der Waals surface area contributed by atoms with Crippen LogP contribution in [0.25, 0.3) is 0 Å². The Kier molecular flexibility index (Phi) is 5.93. The number of anilines is 1. The molecule has 0 fully saturated rings. The number of carbonyl (C=O) groups excluding carboxylic acids is 2. The quantitative estimate of drug-likeness (QED) is 0.916. The zero-order chi connectivity index (χ0) is 17.1. The van der Waals surface area contributed by atoms with E-state index in [0.717, 1.165) is 0 Å². The van der Waals surface area contributed by atoms with Gasteiger partial charge in [-0.15, -0.1) is 0 Å². The van der Waals surface area contributed by atoms with Gasteiger partial charge in [0.15, 0.2) is 5.13 Å². The molecule has 2 amide bonds. The van der Waals surface area contributed by atoms with Gasteiger partial charge in [0.25, 0.3) is 5.91 Å². The lowest BCUT2D eigenvalue weighted by Crippen LogP contribution is -2.36. The number of aromatic nitrogens is 1. The van der Waals surface area contributed by atoms with Crippen LogP contribution in [0.2, 0.25) is 0 Å². The van der Waals surface area contributed by atoms with E-state index < -0.39 is 11.7 Å². The van der Waals surface area contributed by atoms with E-state index in [4.69, 9.17) is 4.74 Å². The average Bonchev–Trinajstić information content (AvgIpc) is 2.67.